The van der Waals surface area contributed by atoms with E-state index in [0.717, 1.165) is 18.5 Å². The van der Waals surface area contributed by atoms with Gasteiger partial charge in [0.25, 0.3) is 0 Å². The fourth-order valence-corrected chi connectivity index (χ4v) is 3.42. The third-order valence-electron chi connectivity index (χ3n) is 4.26. The van der Waals surface area contributed by atoms with Crippen LogP contribution in [-0.2, 0) is 4.74 Å². The summed E-state index contributed by atoms with van der Waals surface area (Å²) in [6.07, 6.45) is 10.5. The minimum absolute atomic E-state index is 0.506. The Balaban J connectivity index is 1.81. The van der Waals surface area contributed by atoms with Gasteiger partial charge in [0.1, 0.15) is 0 Å². The lowest BCUT2D eigenvalue weighted by atomic mass is 9.81. The Morgan fingerprint density at radius 1 is 1.12 bits per heavy atom. The monoisotopic (exact) mass is 225 g/mol. The van der Waals surface area contributed by atoms with E-state index in [1.807, 2.05) is 0 Å². The molecule has 0 radical (unpaired) electrons. The molecule has 0 aromatic heterocycles. The smallest absolute Gasteiger partial charge is 0.0583 e. The van der Waals surface area contributed by atoms with Gasteiger partial charge >= 0.3 is 0 Å². The zero-order chi connectivity index (χ0) is 11.4. The van der Waals surface area contributed by atoms with Gasteiger partial charge in [0.15, 0.2) is 0 Å². The number of ether oxygens (including phenoxy) is 1. The van der Waals surface area contributed by atoms with Crippen LogP contribution >= 0.6 is 0 Å². The summed E-state index contributed by atoms with van der Waals surface area (Å²) in [7, 11) is 0. The molecule has 1 aliphatic carbocycles. The van der Waals surface area contributed by atoms with Crippen LogP contribution in [0.3, 0.4) is 0 Å². The van der Waals surface area contributed by atoms with E-state index in [1.54, 1.807) is 0 Å². The van der Waals surface area contributed by atoms with Crippen LogP contribution in [0.1, 0.15) is 58.8 Å². The standard InChI is InChI=1S/C14H27NO/c1-3-15-14-7-5-4-6-12(14)10-13-9-8-11(2)16-13/h11-15H,3-10H2,1-2H3. The van der Waals surface area contributed by atoms with Crippen LogP contribution in [-0.4, -0.2) is 24.8 Å². The van der Waals surface area contributed by atoms with Crippen molar-refractivity contribution in [2.45, 2.75) is 77.0 Å². The second kappa shape index (κ2) is 6.02. The van der Waals surface area contributed by atoms with Gasteiger partial charge in [0, 0.05) is 6.04 Å². The SMILES string of the molecule is CCNC1CCCCC1CC1CCC(C)O1. The molecule has 0 spiro atoms. The van der Waals surface area contributed by atoms with E-state index in [2.05, 4.69) is 19.2 Å². The van der Waals surface area contributed by atoms with Crippen LogP contribution < -0.4 is 5.32 Å². The summed E-state index contributed by atoms with van der Waals surface area (Å²) in [5, 5.41) is 3.66. The summed E-state index contributed by atoms with van der Waals surface area (Å²) in [6, 6.07) is 0.762. The summed E-state index contributed by atoms with van der Waals surface area (Å²) in [6.45, 7) is 5.55. The van der Waals surface area contributed by atoms with Gasteiger partial charge in [-0.25, -0.2) is 0 Å². The highest BCUT2D eigenvalue weighted by atomic mass is 16.5. The normalized spacial score (nSPS) is 40.1. The number of nitrogens with one attached hydrogen (secondary N) is 1. The van der Waals surface area contributed by atoms with Gasteiger partial charge in [-0.3, -0.25) is 0 Å². The third-order valence-corrected chi connectivity index (χ3v) is 4.26. The lowest BCUT2D eigenvalue weighted by Gasteiger charge is -2.33. The Bertz CT molecular complexity index is 205. The van der Waals surface area contributed by atoms with Crippen LogP contribution in [0.25, 0.3) is 0 Å². The van der Waals surface area contributed by atoms with Crippen LogP contribution in [0.2, 0.25) is 0 Å². The Kier molecular flexibility index (Phi) is 4.66. The molecule has 0 aromatic carbocycles. The molecule has 1 saturated heterocycles. The molecule has 94 valence electrons. The average molecular weight is 225 g/mol. The predicted molar refractivity (Wildman–Crippen MR) is 67.6 cm³/mol. The molecule has 2 rings (SSSR count). The van der Waals surface area contributed by atoms with Crippen LogP contribution in [0.15, 0.2) is 0 Å². The fraction of sp³-hybridized carbons (Fsp3) is 1.00. The summed E-state index contributed by atoms with van der Waals surface area (Å²) >= 11 is 0. The topological polar surface area (TPSA) is 21.3 Å². The van der Waals surface area contributed by atoms with Crippen molar-refractivity contribution < 1.29 is 4.74 Å². The van der Waals surface area contributed by atoms with E-state index in [9.17, 15) is 0 Å². The molecule has 0 aromatic rings. The number of rotatable bonds is 4. The van der Waals surface area contributed by atoms with E-state index in [4.69, 9.17) is 4.74 Å². The van der Waals surface area contributed by atoms with E-state index in [-0.39, 0.29) is 0 Å². The van der Waals surface area contributed by atoms with E-state index >= 15 is 0 Å². The Hall–Kier alpha value is -0.0800. The highest BCUT2D eigenvalue weighted by Crippen LogP contribution is 2.32. The molecule has 0 bridgehead atoms. The summed E-state index contributed by atoms with van der Waals surface area (Å²) in [4.78, 5) is 0. The predicted octanol–water partition coefficient (Wildman–Crippen LogP) is 3.11. The van der Waals surface area contributed by atoms with Crippen LogP contribution in [0.4, 0.5) is 0 Å². The van der Waals surface area contributed by atoms with Gasteiger partial charge in [-0.1, -0.05) is 19.8 Å². The van der Waals surface area contributed by atoms with Gasteiger partial charge in [0.2, 0.25) is 0 Å². The molecule has 2 heteroatoms. The lowest BCUT2D eigenvalue weighted by molar-refractivity contribution is 0.0324. The molecule has 1 saturated carbocycles. The molecule has 2 aliphatic rings. The maximum absolute atomic E-state index is 5.96. The van der Waals surface area contributed by atoms with E-state index < -0.39 is 0 Å². The van der Waals surface area contributed by atoms with Crippen LogP contribution in [0, 0.1) is 5.92 Å². The first-order chi connectivity index (χ1) is 7.79. The molecular weight excluding hydrogens is 198 g/mol. The Morgan fingerprint density at radius 3 is 2.62 bits per heavy atom. The van der Waals surface area contributed by atoms with Gasteiger partial charge in [-0.15, -0.1) is 0 Å². The van der Waals surface area contributed by atoms with Crippen molar-refractivity contribution in [3.63, 3.8) is 0 Å². The Morgan fingerprint density at radius 2 is 1.94 bits per heavy atom. The second-order valence-electron chi connectivity index (χ2n) is 5.59. The van der Waals surface area contributed by atoms with Crippen molar-refractivity contribution in [2.75, 3.05) is 6.54 Å². The molecule has 16 heavy (non-hydrogen) atoms. The molecular formula is C14H27NO. The van der Waals surface area contributed by atoms with Crippen LogP contribution in [0.5, 0.6) is 0 Å². The van der Waals surface area contributed by atoms with Crippen molar-refractivity contribution in [3.05, 3.63) is 0 Å². The second-order valence-corrected chi connectivity index (χ2v) is 5.59. The quantitative estimate of drug-likeness (QED) is 0.794. The highest BCUT2D eigenvalue weighted by molar-refractivity contribution is 4.84. The largest absolute Gasteiger partial charge is 0.375 e. The van der Waals surface area contributed by atoms with Gasteiger partial charge in [-0.2, -0.15) is 0 Å². The molecule has 2 nitrogen and oxygen atoms in total. The van der Waals surface area contributed by atoms with Gasteiger partial charge in [-0.05, 0) is 51.5 Å². The summed E-state index contributed by atoms with van der Waals surface area (Å²) in [5.41, 5.74) is 0. The Labute approximate surface area is 100 Å². The summed E-state index contributed by atoms with van der Waals surface area (Å²) in [5.74, 6) is 0.865. The van der Waals surface area contributed by atoms with Gasteiger partial charge in [0.05, 0.1) is 12.2 Å². The van der Waals surface area contributed by atoms with E-state index in [0.29, 0.717) is 12.2 Å². The van der Waals surface area contributed by atoms with Crippen molar-refractivity contribution in [1.29, 1.82) is 0 Å². The molecule has 4 unspecified atom stereocenters. The number of hydrogen-bond donors (Lipinski definition) is 1. The first-order valence-electron chi connectivity index (χ1n) is 7.18. The van der Waals surface area contributed by atoms with Gasteiger partial charge < -0.3 is 10.1 Å². The summed E-state index contributed by atoms with van der Waals surface area (Å²) < 4.78 is 5.96. The maximum Gasteiger partial charge on any atom is 0.0583 e. The zero-order valence-corrected chi connectivity index (χ0v) is 10.9. The molecule has 1 N–H and O–H groups in total. The first kappa shape index (κ1) is 12.4. The molecule has 0 amide bonds. The van der Waals surface area contributed by atoms with E-state index in [1.165, 1.54) is 44.9 Å². The lowest BCUT2D eigenvalue weighted by Crippen LogP contribution is -2.39. The van der Waals surface area contributed by atoms with Crippen molar-refractivity contribution in [3.8, 4) is 0 Å². The molecule has 1 heterocycles. The first-order valence-corrected chi connectivity index (χ1v) is 7.18. The third kappa shape index (κ3) is 3.21. The minimum atomic E-state index is 0.506. The maximum atomic E-state index is 5.96. The zero-order valence-electron chi connectivity index (χ0n) is 10.9. The molecule has 1 aliphatic heterocycles. The van der Waals surface area contributed by atoms with Crippen molar-refractivity contribution in [1.82, 2.24) is 5.32 Å². The van der Waals surface area contributed by atoms with Crippen molar-refractivity contribution >= 4 is 0 Å². The molecule has 4 atom stereocenters. The number of hydrogen-bond acceptors (Lipinski definition) is 2. The highest BCUT2D eigenvalue weighted by Gasteiger charge is 2.30. The molecule has 2 fully saturated rings. The fourth-order valence-electron chi connectivity index (χ4n) is 3.42. The van der Waals surface area contributed by atoms with Crippen molar-refractivity contribution in [2.24, 2.45) is 5.92 Å². The minimum Gasteiger partial charge on any atom is -0.375 e. The average Bonchev–Trinajstić information content (AvgIpc) is 2.67.